The summed E-state index contributed by atoms with van der Waals surface area (Å²) in [6.45, 7) is 8.42. The third kappa shape index (κ3) is 6.17. The highest BCUT2D eigenvalue weighted by Gasteiger charge is 2.23. The fourth-order valence-electron chi connectivity index (χ4n) is 2.81. The number of rotatable bonds is 9. The van der Waals surface area contributed by atoms with E-state index in [2.05, 4.69) is 31.1 Å². The summed E-state index contributed by atoms with van der Waals surface area (Å²) in [5.41, 5.74) is 0. The van der Waals surface area contributed by atoms with Crippen molar-refractivity contribution in [2.75, 3.05) is 33.4 Å². The van der Waals surface area contributed by atoms with Gasteiger partial charge >= 0.3 is 0 Å². The van der Waals surface area contributed by atoms with Crippen LogP contribution in [-0.4, -0.2) is 50.3 Å². The zero-order valence-electron chi connectivity index (χ0n) is 12.6. The highest BCUT2D eigenvalue weighted by atomic mass is 16.5. The van der Waals surface area contributed by atoms with Crippen molar-refractivity contribution in [1.29, 1.82) is 0 Å². The van der Waals surface area contributed by atoms with E-state index in [4.69, 9.17) is 4.74 Å². The van der Waals surface area contributed by atoms with Gasteiger partial charge in [0.1, 0.15) is 0 Å². The van der Waals surface area contributed by atoms with Gasteiger partial charge in [0, 0.05) is 31.8 Å². The van der Waals surface area contributed by atoms with Crippen molar-refractivity contribution in [2.24, 2.45) is 0 Å². The Hall–Kier alpha value is -0.120. The molecule has 3 nitrogen and oxygen atoms in total. The van der Waals surface area contributed by atoms with Crippen LogP contribution in [0.4, 0.5) is 0 Å². The van der Waals surface area contributed by atoms with Gasteiger partial charge in [-0.05, 0) is 59.0 Å². The maximum Gasteiger partial charge on any atom is 0.0478 e. The molecule has 1 N–H and O–H groups in total. The van der Waals surface area contributed by atoms with Crippen molar-refractivity contribution in [3.05, 3.63) is 0 Å². The van der Waals surface area contributed by atoms with E-state index in [1.807, 2.05) is 0 Å². The number of nitrogens with zero attached hydrogens (tertiary/aromatic N) is 1. The minimum absolute atomic E-state index is 0.776. The van der Waals surface area contributed by atoms with Gasteiger partial charge in [0.15, 0.2) is 0 Å². The topological polar surface area (TPSA) is 24.5 Å². The van der Waals surface area contributed by atoms with Crippen LogP contribution in [0.5, 0.6) is 0 Å². The quantitative estimate of drug-likeness (QED) is 0.642. The largest absolute Gasteiger partial charge is 0.382 e. The van der Waals surface area contributed by atoms with Crippen molar-refractivity contribution in [1.82, 2.24) is 10.2 Å². The molecule has 0 aromatic heterocycles. The molecule has 0 radical (unpaired) electrons. The molecule has 3 heteroatoms. The van der Waals surface area contributed by atoms with Crippen LogP contribution in [0, 0.1) is 0 Å². The predicted molar refractivity (Wildman–Crippen MR) is 78.1 cm³/mol. The number of ether oxygens (including phenoxy) is 1. The third-order valence-corrected chi connectivity index (χ3v) is 4.01. The Morgan fingerprint density at radius 3 is 2.50 bits per heavy atom. The van der Waals surface area contributed by atoms with E-state index in [0.29, 0.717) is 0 Å². The zero-order chi connectivity index (χ0) is 13.2. The van der Waals surface area contributed by atoms with Crippen LogP contribution in [0.15, 0.2) is 0 Å². The van der Waals surface area contributed by atoms with Gasteiger partial charge in [-0.15, -0.1) is 0 Å². The Bertz CT molecular complexity index is 191. The Labute approximate surface area is 113 Å². The molecule has 0 amide bonds. The van der Waals surface area contributed by atoms with E-state index in [1.54, 1.807) is 0 Å². The van der Waals surface area contributed by atoms with Gasteiger partial charge in [0.25, 0.3) is 0 Å². The fraction of sp³-hybridized carbons (Fsp3) is 1.00. The Balaban J connectivity index is 2.09. The van der Waals surface area contributed by atoms with Crippen LogP contribution >= 0.6 is 0 Å². The van der Waals surface area contributed by atoms with E-state index >= 15 is 0 Å². The molecule has 0 unspecified atom stereocenters. The molecule has 0 heterocycles. The minimum Gasteiger partial charge on any atom is -0.382 e. The van der Waals surface area contributed by atoms with Gasteiger partial charge in [-0.2, -0.15) is 0 Å². The highest BCUT2D eigenvalue weighted by molar-refractivity contribution is 4.81. The van der Waals surface area contributed by atoms with Gasteiger partial charge in [-0.3, -0.25) is 0 Å². The van der Waals surface area contributed by atoms with Crippen molar-refractivity contribution < 1.29 is 4.74 Å². The van der Waals surface area contributed by atoms with Crippen LogP contribution < -0.4 is 5.32 Å². The summed E-state index contributed by atoms with van der Waals surface area (Å²) in [6, 6.07) is 1.57. The molecule has 0 aromatic rings. The summed E-state index contributed by atoms with van der Waals surface area (Å²) < 4.78 is 5.40. The molecule has 1 fully saturated rings. The van der Waals surface area contributed by atoms with E-state index in [-0.39, 0.29) is 0 Å². The summed E-state index contributed by atoms with van der Waals surface area (Å²) in [5, 5.41) is 3.65. The molecule has 0 spiro atoms. The van der Waals surface area contributed by atoms with Gasteiger partial charge in [0.05, 0.1) is 0 Å². The lowest BCUT2D eigenvalue weighted by Crippen LogP contribution is -2.41. The molecule has 0 atom stereocenters. The van der Waals surface area contributed by atoms with Crippen molar-refractivity contribution in [3.8, 4) is 0 Å². The first-order valence-electron chi connectivity index (χ1n) is 7.79. The molecule has 1 aliphatic rings. The Morgan fingerprint density at radius 1 is 1.17 bits per heavy atom. The van der Waals surface area contributed by atoms with E-state index in [0.717, 1.165) is 25.3 Å². The Kier molecular flexibility index (Phi) is 8.64. The lowest BCUT2D eigenvalue weighted by molar-refractivity contribution is 0.119. The molecule has 0 aliphatic heterocycles. The summed E-state index contributed by atoms with van der Waals surface area (Å²) in [4.78, 5) is 2.54. The zero-order valence-corrected chi connectivity index (χ0v) is 12.6. The monoisotopic (exact) mass is 256 g/mol. The molecular formula is C15H32N2O. The molecule has 1 rings (SSSR count). The predicted octanol–water partition coefficient (Wildman–Crippen LogP) is 2.66. The van der Waals surface area contributed by atoms with E-state index in [9.17, 15) is 0 Å². The fourth-order valence-corrected chi connectivity index (χ4v) is 2.81. The SMILES string of the molecule is CCCNC1CCC(N(C)CCCOCC)CC1. The van der Waals surface area contributed by atoms with Crippen LogP contribution in [0.1, 0.15) is 52.4 Å². The van der Waals surface area contributed by atoms with Gasteiger partial charge in [0.2, 0.25) is 0 Å². The van der Waals surface area contributed by atoms with Gasteiger partial charge < -0.3 is 15.0 Å². The second-order valence-corrected chi connectivity index (χ2v) is 5.49. The van der Waals surface area contributed by atoms with Crippen LogP contribution in [0.3, 0.4) is 0 Å². The summed E-state index contributed by atoms with van der Waals surface area (Å²) in [7, 11) is 2.27. The standard InChI is InChI=1S/C15H32N2O/c1-4-11-16-14-7-9-15(10-8-14)17(3)12-6-13-18-5-2/h14-16H,4-13H2,1-3H3. The first-order valence-corrected chi connectivity index (χ1v) is 7.79. The first kappa shape index (κ1) is 15.9. The number of nitrogens with one attached hydrogen (secondary N) is 1. The number of hydrogen-bond acceptors (Lipinski definition) is 3. The first-order chi connectivity index (χ1) is 8.77. The molecule has 1 saturated carbocycles. The maximum absolute atomic E-state index is 5.40. The van der Waals surface area contributed by atoms with E-state index < -0.39 is 0 Å². The average Bonchev–Trinajstić information content (AvgIpc) is 2.41. The normalized spacial score (nSPS) is 24.7. The van der Waals surface area contributed by atoms with E-state index in [1.165, 1.54) is 51.6 Å². The van der Waals surface area contributed by atoms with Crippen LogP contribution in [0.2, 0.25) is 0 Å². The summed E-state index contributed by atoms with van der Waals surface area (Å²) >= 11 is 0. The Morgan fingerprint density at radius 2 is 1.89 bits per heavy atom. The smallest absolute Gasteiger partial charge is 0.0478 e. The second-order valence-electron chi connectivity index (χ2n) is 5.49. The van der Waals surface area contributed by atoms with Crippen molar-refractivity contribution in [3.63, 3.8) is 0 Å². The van der Waals surface area contributed by atoms with Crippen molar-refractivity contribution in [2.45, 2.75) is 64.5 Å². The molecule has 0 aromatic carbocycles. The molecule has 0 saturated heterocycles. The summed E-state index contributed by atoms with van der Waals surface area (Å²) in [6.07, 6.45) is 7.82. The lowest BCUT2D eigenvalue weighted by atomic mass is 9.90. The lowest BCUT2D eigenvalue weighted by Gasteiger charge is -2.35. The molecular weight excluding hydrogens is 224 g/mol. The highest BCUT2D eigenvalue weighted by Crippen LogP contribution is 2.22. The molecule has 0 bridgehead atoms. The molecule has 18 heavy (non-hydrogen) atoms. The average molecular weight is 256 g/mol. The second kappa shape index (κ2) is 9.76. The summed E-state index contributed by atoms with van der Waals surface area (Å²) in [5.74, 6) is 0. The number of hydrogen-bond donors (Lipinski definition) is 1. The molecule has 108 valence electrons. The maximum atomic E-state index is 5.40. The van der Waals surface area contributed by atoms with Gasteiger partial charge in [-0.1, -0.05) is 6.92 Å². The third-order valence-electron chi connectivity index (χ3n) is 4.01. The van der Waals surface area contributed by atoms with Gasteiger partial charge in [-0.25, -0.2) is 0 Å². The minimum atomic E-state index is 0.776. The van der Waals surface area contributed by atoms with Crippen LogP contribution in [0.25, 0.3) is 0 Å². The molecule has 1 aliphatic carbocycles. The van der Waals surface area contributed by atoms with Crippen molar-refractivity contribution >= 4 is 0 Å². The van der Waals surface area contributed by atoms with Crippen LogP contribution in [-0.2, 0) is 4.74 Å².